The van der Waals surface area contributed by atoms with Gasteiger partial charge >= 0.3 is 13.3 Å². The van der Waals surface area contributed by atoms with E-state index in [0.29, 0.717) is 12.3 Å². The summed E-state index contributed by atoms with van der Waals surface area (Å²) >= 11 is 2.11. The first kappa shape index (κ1) is 37.2. The summed E-state index contributed by atoms with van der Waals surface area (Å²) in [6.45, 7) is 8.17. The first-order valence-corrected chi connectivity index (χ1v) is 18.6. The van der Waals surface area contributed by atoms with Crippen molar-refractivity contribution in [2.45, 2.75) is 142 Å². The molecule has 0 aliphatic carbocycles. The van der Waals surface area contributed by atoms with Crippen molar-refractivity contribution in [3.63, 3.8) is 0 Å². The van der Waals surface area contributed by atoms with Gasteiger partial charge in [0.05, 0.1) is 12.7 Å². The molecule has 1 rings (SSSR count). The second-order valence-electron chi connectivity index (χ2n) is 10.9. The van der Waals surface area contributed by atoms with E-state index in [1.807, 2.05) is 0 Å². The minimum absolute atomic E-state index is 0.0486. The summed E-state index contributed by atoms with van der Waals surface area (Å²) in [6, 6.07) is 9.29. The third-order valence-electron chi connectivity index (χ3n) is 7.25. The van der Waals surface area contributed by atoms with E-state index in [9.17, 15) is 9.36 Å². The zero-order chi connectivity index (χ0) is 29.5. The van der Waals surface area contributed by atoms with Crippen molar-refractivity contribution in [2.24, 2.45) is 0 Å². The van der Waals surface area contributed by atoms with Crippen LogP contribution < -0.4 is 0 Å². The molecular weight excluding hydrogens is 543 g/mol. The van der Waals surface area contributed by atoms with Gasteiger partial charge in [0.25, 0.3) is 0 Å². The lowest BCUT2D eigenvalue weighted by molar-refractivity contribution is -0.247. The van der Waals surface area contributed by atoms with Crippen molar-refractivity contribution in [1.82, 2.24) is 0 Å². The largest absolute Gasteiger partial charge is 0.472 e. The van der Waals surface area contributed by atoms with E-state index < -0.39 is 13.3 Å². The molecule has 3 unspecified atom stereocenters. The summed E-state index contributed by atoms with van der Waals surface area (Å²) in [5, 5.41) is 9.09. The molecule has 3 atom stereocenters. The lowest BCUT2D eigenvalue weighted by Gasteiger charge is -2.18. The standard InChI is InChI=1S/C32H57O6PS/c1-5-8-9-12-16-21-30(31-22-18-20-29(7-3)27-31)23-26-40-25-17-14-11-10-13-15-19-28(4)37-38-39(35,32(33)34)36-24-6-2/h18,20,22,27-28,30H,5-17,19,21,23-26H2,1-4H3,(H,33,34). The quantitative estimate of drug-likeness (QED) is 0.0465. The van der Waals surface area contributed by atoms with Gasteiger partial charge in [-0.05, 0) is 74.0 Å². The van der Waals surface area contributed by atoms with Gasteiger partial charge in [-0.3, -0.25) is 4.52 Å². The predicted molar refractivity (Wildman–Crippen MR) is 170 cm³/mol. The van der Waals surface area contributed by atoms with Gasteiger partial charge in [-0.2, -0.15) is 11.8 Å². The molecule has 0 heterocycles. The number of aryl methyl sites for hydroxylation is 1. The summed E-state index contributed by atoms with van der Waals surface area (Å²) in [7, 11) is -4.27. The highest BCUT2D eigenvalue weighted by atomic mass is 32.2. The topological polar surface area (TPSA) is 82.1 Å². The molecule has 0 saturated carbocycles. The smallest absolute Gasteiger partial charge is 0.464 e. The lowest BCUT2D eigenvalue weighted by atomic mass is 9.89. The molecule has 6 nitrogen and oxygen atoms in total. The van der Waals surface area contributed by atoms with Crippen LogP contribution in [0.4, 0.5) is 4.79 Å². The minimum atomic E-state index is -4.27. The Balaban J connectivity index is 2.16. The van der Waals surface area contributed by atoms with Gasteiger partial charge in [-0.15, -0.1) is 4.67 Å². The number of hydrogen-bond donors (Lipinski definition) is 1. The highest BCUT2D eigenvalue weighted by molar-refractivity contribution is 7.99. The molecule has 40 heavy (non-hydrogen) atoms. The molecule has 0 aliphatic rings. The van der Waals surface area contributed by atoms with E-state index in [0.717, 1.165) is 25.7 Å². The van der Waals surface area contributed by atoms with Crippen molar-refractivity contribution in [3.8, 4) is 0 Å². The van der Waals surface area contributed by atoms with Crippen LogP contribution in [-0.2, 0) is 25.1 Å². The molecule has 1 aromatic rings. The van der Waals surface area contributed by atoms with Gasteiger partial charge in [-0.25, -0.2) is 14.2 Å². The van der Waals surface area contributed by atoms with Gasteiger partial charge in [0, 0.05) is 0 Å². The van der Waals surface area contributed by atoms with Gasteiger partial charge in [0.2, 0.25) is 0 Å². The molecule has 0 bridgehead atoms. The van der Waals surface area contributed by atoms with Crippen molar-refractivity contribution in [3.05, 3.63) is 35.4 Å². The Kier molecular flexibility index (Phi) is 22.0. The third kappa shape index (κ3) is 17.2. The molecule has 0 fully saturated rings. The first-order chi connectivity index (χ1) is 19.4. The maximum atomic E-state index is 12.1. The molecule has 1 aromatic carbocycles. The monoisotopic (exact) mass is 600 g/mol. The normalized spacial score (nSPS) is 14.6. The number of rotatable bonds is 27. The molecule has 0 spiro atoms. The van der Waals surface area contributed by atoms with E-state index >= 15 is 0 Å². The average Bonchev–Trinajstić information content (AvgIpc) is 2.96. The van der Waals surface area contributed by atoms with E-state index in [1.54, 1.807) is 19.4 Å². The number of unbranched alkanes of at least 4 members (excludes halogenated alkanes) is 9. The Hall–Kier alpha value is -0.850. The fourth-order valence-corrected chi connectivity index (χ4v) is 6.67. The molecule has 1 N–H and O–H groups in total. The molecular formula is C32H57O6PS. The predicted octanol–water partition coefficient (Wildman–Crippen LogP) is 11.2. The van der Waals surface area contributed by atoms with Gasteiger partial charge in [-0.1, -0.05) is 109 Å². The van der Waals surface area contributed by atoms with E-state index in [2.05, 4.69) is 49.9 Å². The number of carbonyl (C=O) groups is 1. The van der Waals surface area contributed by atoms with Crippen LogP contribution >= 0.6 is 19.4 Å². The van der Waals surface area contributed by atoms with Crippen molar-refractivity contribution < 1.29 is 28.6 Å². The van der Waals surface area contributed by atoms with Crippen LogP contribution in [0, 0.1) is 0 Å². The van der Waals surface area contributed by atoms with Gasteiger partial charge < -0.3 is 5.11 Å². The molecule has 0 amide bonds. The second-order valence-corrected chi connectivity index (χ2v) is 13.9. The number of benzene rings is 1. The zero-order valence-electron chi connectivity index (χ0n) is 25.7. The Morgan fingerprint density at radius 3 is 2.23 bits per heavy atom. The van der Waals surface area contributed by atoms with E-state index in [-0.39, 0.29) is 12.7 Å². The van der Waals surface area contributed by atoms with Gasteiger partial charge in [0.1, 0.15) is 0 Å². The Morgan fingerprint density at radius 2 is 1.55 bits per heavy atom. The molecule has 0 radical (unpaired) electrons. The van der Waals surface area contributed by atoms with E-state index in [1.165, 1.54) is 87.7 Å². The summed E-state index contributed by atoms with van der Waals surface area (Å²) in [4.78, 5) is 16.2. The highest BCUT2D eigenvalue weighted by Gasteiger charge is 2.37. The Morgan fingerprint density at radius 1 is 0.875 bits per heavy atom. The average molecular weight is 601 g/mol. The van der Waals surface area contributed by atoms with Crippen LogP contribution in [0.15, 0.2) is 24.3 Å². The maximum absolute atomic E-state index is 12.1. The van der Waals surface area contributed by atoms with E-state index in [4.69, 9.17) is 19.2 Å². The maximum Gasteiger partial charge on any atom is 0.464 e. The van der Waals surface area contributed by atoms with Crippen molar-refractivity contribution in [1.29, 1.82) is 0 Å². The third-order valence-corrected chi connectivity index (χ3v) is 9.63. The molecule has 232 valence electrons. The van der Waals surface area contributed by atoms with Crippen LogP contribution in [0.25, 0.3) is 0 Å². The van der Waals surface area contributed by atoms with Crippen LogP contribution in [0.3, 0.4) is 0 Å². The molecule has 0 saturated heterocycles. The fraction of sp³-hybridized carbons (Fsp3) is 0.781. The summed E-state index contributed by atoms with van der Waals surface area (Å²) in [6.07, 6.45) is 18.4. The Labute approximate surface area is 249 Å². The molecule has 8 heteroatoms. The summed E-state index contributed by atoms with van der Waals surface area (Å²) in [5.41, 5.74) is 1.38. The van der Waals surface area contributed by atoms with Crippen LogP contribution in [0.5, 0.6) is 0 Å². The molecule has 0 aliphatic heterocycles. The SMILES string of the molecule is CCCCCCCC(CCSCCCCCCCCC(C)OOP(=O)(OCCC)C(=O)O)c1cccc(CC)c1. The fourth-order valence-electron chi connectivity index (χ4n) is 4.71. The van der Waals surface area contributed by atoms with Gasteiger partial charge in [0.15, 0.2) is 0 Å². The highest BCUT2D eigenvalue weighted by Crippen LogP contribution is 2.49. The second kappa shape index (κ2) is 23.7. The number of hydrogen-bond acceptors (Lipinski definition) is 6. The zero-order valence-corrected chi connectivity index (χ0v) is 27.5. The Bertz CT molecular complexity index is 820. The molecule has 0 aromatic heterocycles. The first-order valence-electron chi connectivity index (χ1n) is 15.9. The van der Waals surface area contributed by atoms with Crippen LogP contribution in [0.2, 0.25) is 0 Å². The van der Waals surface area contributed by atoms with Crippen molar-refractivity contribution in [2.75, 3.05) is 18.1 Å². The minimum Gasteiger partial charge on any atom is -0.472 e. The van der Waals surface area contributed by atoms with Crippen molar-refractivity contribution >= 4 is 25.1 Å². The summed E-state index contributed by atoms with van der Waals surface area (Å²) in [5.74, 6) is 3.18. The van der Waals surface area contributed by atoms with Crippen LogP contribution in [0.1, 0.15) is 141 Å². The number of thioether (sulfide) groups is 1. The number of carboxylic acid groups (broad SMARTS) is 1. The van der Waals surface area contributed by atoms with Crippen LogP contribution in [-0.4, -0.2) is 35.0 Å². The lowest BCUT2D eigenvalue weighted by Crippen LogP contribution is -2.12. The summed E-state index contributed by atoms with van der Waals surface area (Å²) < 4.78 is 21.7.